The van der Waals surface area contributed by atoms with Gasteiger partial charge >= 0.3 is 0 Å². The maximum Gasteiger partial charge on any atom is 0.0644 e. The molecule has 0 aliphatic carbocycles. The summed E-state index contributed by atoms with van der Waals surface area (Å²) in [5.74, 6) is 1.22. The van der Waals surface area contributed by atoms with Gasteiger partial charge in [-0.3, -0.25) is 4.68 Å². The maximum atomic E-state index is 4.59. The fourth-order valence-corrected chi connectivity index (χ4v) is 3.12. The fraction of sp³-hybridized carbons (Fsp3) is 0.786. The molecule has 2 unspecified atom stereocenters. The van der Waals surface area contributed by atoms with Gasteiger partial charge in [-0.1, -0.05) is 0 Å². The van der Waals surface area contributed by atoms with Crippen molar-refractivity contribution in [3.05, 3.63) is 17.0 Å². The van der Waals surface area contributed by atoms with E-state index in [0.29, 0.717) is 12.1 Å². The Morgan fingerprint density at radius 2 is 2.00 bits per heavy atom. The van der Waals surface area contributed by atoms with Crippen LogP contribution in [0.5, 0.6) is 0 Å². The normalized spacial score (nSPS) is 14.8. The van der Waals surface area contributed by atoms with E-state index in [1.165, 1.54) is 23.4 Å². The molecule has 0 saturated heterocycles. The van der Waals surface area contributed by atoms with Gasteiger partial charge in [0, 0.05) is 29.9 Å². The van der Waals surface area contributed by atoms with E-state index in [2.05, 4.69) is 56.0 Å². The van der Waals surface area contributed by atoms with Crippen LogP contribution < -0.4 is 5.32 Å². The minimum absolute atomic E-state index is 0.377. The van der Waals surface area contributed by atoms with E-state index in [4.69, 9.17) is 0 Å². The lowest BCUT2D eigenvalue weighted by Crippen LogP contribution is -2.30. The third-order valence-electron chi connectivity index (χ3n) is 3.46. The number of hydrogen-bond donors (Lipinski definition) is 1. The zero-order valence-corrected chi connectivity index (χ0v) is 13.4. The van der Waals surface area contributed by atoms with Crippen molar-refractivity contribution in [3.8, 4) is 0 Å². The highest BCUT2D eigenvalue weighted by Gasteiger charge is 2.18. The number of hydrogen-bond acceptors (Lipinski definition) is 3. The van der Waals surface area contributed by atoms with Gasteiger partial charge in [0.2, 0.25) is 0 Å². The average Bonchev–Trinajstić information content (AvgIpc) is 2.61. The standard InChI is InChI=1S/C14H27N3S/c1-7-17-13(5)14(12(4)16-17)11(3)15-10(2)8-9-18-6/h10-11,15H,7-9H2,1-6H3. The molecule has 1 rings (SSSR count). The van der Waals surface area contributed by atoms with Crippen molar-refractivity contribution in [2.75, 3.05) is 12.0 Å². The smallest absolute Gasteiger partial charge is 0.0644 e. The monoisotopic (exact) mass is 269 g/mol. The first-order chi connectivity index (χ1) is 8.51. The Balaban J connectivity index is 2.71. The third kappa shape index (κ3) is 3.75. The van der Waals surface area contributed by atoms with Crippen LogP contribution in [-0.4, -0.2) is 27.8 Å². The Morgan fingerprint density at radius 3 is 2.50 bits per heavy atom. The van der Waals surface area contributed by atoms with Gasteiger partial charge in [-0.25, -0.2) is 0 Å². The highest BCUT2D eigenvalue weighted by Crippen LogP contribution is 2.22. The molecule has 1 N–H and O–H groups in total. The van der Waals surface area contributed by atoms with Crippen molar-refractivity contribution >= 4 is 11.8 Å². The van der Waals surface area contributed by atoms with E-state index in [9.17, 15) is 0 Å². The molecule has 0 amide bonds. The second kappa shape index (κ2) is 7.19. The van der Waals surface area contributed by atoms with Crippen LogP contribution in [0.3, 0.4) is 0 Å². The largest absolute Gasteiger partial charge is 0.308 e. The quantitative estimate of drug-likeness (QED) is 0.823. The lowest BCUT2D eigenvalue weighted by molar-refractivity contribution is 0.468. The molecule has 104 valence electrons. The van der Waals surface area contributed by atoms with Crippen molar-refractivity contribution in [1.29, 1.82) is 0 Å². The zero-order valence-electron chi connectivity index (χ0n) is 12.6. The van der Waals surface area contributed by atoms with Crippen molar-refractivity contribution in [2.24, 2.45) is 0 Å². The summed E-state index contributed by atoms with van der Waals surface area (Å²) in [6, 6.07) is 0.929. The molecule has 0 aliphatic rings. The van der Waals surface area contributed by atoms with Crippen LogP contribution in [-0.2, 0) is 6.54 Å². The lowest BCUT2D eigenvalue weighted by Gasteiger charge is -2.20. The van der Waals surface area contributed by atoms with Crippen LogP contribution in [0, 0.1) is 13.8 Å². The predicted octanol–water partition coefficient (Wildman–Crippen LogP) is 3.31. The van der Waals surface area contributed by atoms with Crippen LogP contribution in [0.15, 0.2) is 0 Å². The summed E-state index contributed by atoms with van der Waals surface area (Å²) in [6.07, 6.45) is 3.38. The van der Waals surface area contributed by atoms with Gasteiger partial charge in [0.1, 0.15) is 0 Å². The summed E-state index contributed by atoms with van der Waals surface area (Å²) in [5.41, 5.74) is 3.83. The molecule has 3 nitrogen and oxygen atoms in total. The first-order valence-corrected chi connectivity index (χ1v) is 8.19. The average molecular weight is 269 g/mol. The lowest BCUT2D eigenvalue weighted by atomic mass is 10.1. The van der Waals surface area contributed by atoms with Crippen LogP contribution in [0.2, 0.25) is 0 Å². The molecule has 0 bridgehead atoms. The van der Waals surface area contributed by atoms with E-state index in [-0.39, 0.29) is 0 Å². The molecule has 0 radical (unpaired) electrons. The molecule has 0 spiro atoms. The minimum Gasteiger partial charge on any atom is -0.308 e. The number of rotatable bonds is 7. The first-order valence-electron chi connectivity index (χ1n) is 6.80. The first kappa shape index (κ1) is 15.6. The molecule has 0 aliphatic heterocycles. The summed E-state index contributed by atoms with van der Waals surface area (Å²) >= 11 is 1.91. The van der Waals surface area contributed by atoms with Crippen molar-refractivity contribution < 1.29 is 0 Å². The summed E-state index contributed by atoms with van der Waals surface area (Å²) in [5, 5.41) is 8.28. The van der Waals surface area contributed by atoms with Crippen LogP contribution >= 0.6 is 11.8 Å². The van der Waals surface area contributed by atoms with Gasteiger partial charge in [-0.15, -0.1) is 0 Å². The molecule has 1 heterocycles. The minimum atomic E-state index is 0.377. The number of thioether (sulfide) groups is 1. The number of aryl methyl sites for hydroxylation is 2. The summed E-state index contributed by atoms with van der Waals surface area (Å²) < 4.78 is 2.09. The Morgan fingerprint density at radius 1 is 1.33 bits per heavy atom. The Hall–Kier alpha value is -0.480. The molecule has 18 heavy (non-hydrogen) atoms. The van der Waals surface area contributed by atoms with Crippen molar-refractivity contribution in [2.45, 2.75) is 59.7 Å². The molecule has 0 fully saturated rings. The van der Waals surface area contributed by atoms with Crippen LogP contribution in [0.25, 0.3) is 0 Å². The molecule has 1 aromatic heterocycles. The highest BCUT2D eigenvalue weighted by atomic mass is 32.2. The Bertz CT molecular complexity index is 373. The Kier molecular flexibility index (Phi) is 6.22. The fourth-order valence-electron chi connectivity index (χ4n) is 2.53. The SMILES string of the molecule is CCn1nc(C)c(C(C)NC(C)CCSC)c1C. The second-order valence-electron chi connectivity index (χ2n) is 4.97. The van der Waals surface area contributed by atoms with E-state index in [0.717, 1.165) is 12.2 Å². The molecule has 2 atom stereocenters. The summed E-state index contributed by atoms with van der Waals surface area (Å²) in [7, 11) is 0. The number of nitrogens with zero attached hydrogens (tertiary/aromatic N) is 2. The second-order valence-corrected chi connectivity index (χ2v) is 5.96. The van der Waals surface area contributed by atoms with E-state index < -0.39 is 0 Å². The van der Waals surface area contributed by atoms with Gasteiger partial charge < -0.3 is 5.32 Å². The van der Waals surface area contributed by atoms with Crippen molar-refractivity contribution in [1.82, 2.24) is 15.1 Å². The van der Waals surface area contributed by atoms with Crippen molar-refractivity contribution in [3.63, 3.8) is 0 Å². The highest BCUT2D eigenvalue weighted by molar-refractivity contribution is 7.98. The van der Waals surface area contributed by atoms with E-state index in [1.54, 1.807) is 0 Å². The van der Waals surface area contributed by atoms with Gasteiger partial charge in [0.25, 0.3) is 0 Å². The van der Waals surface area contributed by atoms with Crippen LogP contribution in [0.1, 0.15) is 50.2 Å². The predicted molar refractivity (Wildman–Crippen MR) is 81.4 cm³/mol. The molecular formula is C14H27N3S. The van der Waals surface area contributed by atoms with Gasteiger partial charge in [-0.05, 0) is 53.0 Å². The molecule has 0 saturated carbocycles. The third-order valence-corrected chi connectivity index (χ3v) is 4.10. The molecular weight excluding hydrogens is 242 g/mol. The molecule has 0 aromatic carbocycles. The summed E-state index contributed by atoms with van der Waals surface area (Å²) in [4.78, 5) is 0. The molecule has 1 aromatic rings. The molecule has 4 heteroatoms. The van der Waals surface area contributed by atoms with E-state index >= 15 is 0 Å². The van der Waals surface area contributed by atoms with Gasteiger partial charge in [0.15, 0.2) is 0 Å². The maximum absolute atomic E-state index is 4.59. The number of nitrogens with one attached hydrogen (secondary N) is 1. The van der Waals surface area contributed by atoms with Crippen LogP contribution in [0.4, 0.5) is 0 Å². The Labute approximate surface area is 116 Å². The van der Waals surface area contributed by atoms with Gasteiger partial charge in [-0.2, -0.15) is 16.9 Å². The van der Waals surface area contributed by atoms with E-state index in [1.807, 2.05) is 11.8 Å². The summed E-state index contributed by atoms with van der Waals surface area (Å²) in [6.45, 7) is 11.9. The zero-order chi connectivity index (χ0) is 13.7. The number of aromatic nitrogens is 2. The van der Waals surface area contributed by atoms with Gasteiger partial charge in [0.05, 0.1) is 5.69 Å². The topological polar surface area (TPSA) is 29.9 Å².